The van der Waals surface area contributed by atoms with Gasteiger partial charge in [0.2, 0.25) is 0 Å². The predicted molar refractivity (Wildman–Crippen MR) is 79.8 cm³/mol. The average molecular weight is 304 g/mol. The molecular weight excluding hydrogens is 284 g/mol. The summed E-state index contributed by atoms with van der Waals surface area (Å²) in [6.07, 6.45) is 0.196. The van der Waals surface area contributed by atoms with Gasteiger partial charge >= 0.3 is 11.9 Å². The number of esters is 1. The number of nitriles is 1. The number of carbonyl (C=O) groups is 2. The Bertz CT molecular complexity index is 582. The second-order valence-corrected chi connectivity index (χ2v) is 6.03. The van der Waals surface area contributed by atoms with Crippen molar-refractivity contribution in [1.82, 2.24) is 0 Å². The smallest absolute Gasteiger partial charge is 0.322 e. The fourth-order valence-electron chi connectivity index (χ4n) is 1.93. The van der Waals surface area contributed by atoms with E-state index in [1.165, 1.54) is 0 Å². The number of carbonyl (C=O) groups excluding carboxylic acids is 1. The number of rotatable bonds is 5. The Balaban J connectivity index is 2.85. The molecule has 0 saturated heterocycles. The zero-order chi connectivity index (χ0) is 16.9. The maximum absolute atomic E-state index is 12.0. The third-order valence-corrected chi connectivity index (χ3v) is 2.91. The van der Waals surface area contributed by atoms with E-state index >= 15 is 0 Å². The summed E-state index contributed by atoms with van der Waals surface area (Å²) in [7, 11) is 0. The van der Waals surface area contributed by atoms with Gasteiger partial charge in [-0.25, -0.2) is 0 Å². The van der Waals surface area contributed by atoms with E-state index in [0.29, 0.717) is 5.56 Å². The van der Waals surface area contributed by atoms with Gasteiger partial charge in [0.25, 0.3) is 0 Å². The Morgan fingerprint density at radius 2 is 1.86 bits per heavy atom. The summed E-state index contributed by atoms with van der Waals surface area (Å²) in [5.74, 6) is -3.59. The van der Waals surface area contributed by atoms with Crippen molar-refractivity contribution in [3.63, 3.8) is 0 Å². The highest BCUT2D eigenvalue weighted by Crippen LogP contribution is 2.16. The van der Waals surface area contributed by atoms with E-state index in [4.69, 9.17) is 15.7 Å². The lowest BCUT2D eigenvalue weighted by atomic mass is 9.93. The van der Waals surface area contributed by atoms with Crippen molar-refractivity contribution in [1.29, 1.82) is 5.26 Å². The fraction of sp³-hybridized carbons (Fsp3) is 0.438. The number of benzene rings is 1. The predicted octanol–water partition coefficient (Wildman–Crippen LogP) is 1.47. The lowest BCUT2D eigenvalue weighted by Gasteiger charge is -2.25. The molecule has 22 heavy (non-hydrogen) atoms. The van der Waals surface area contributed by atoms with Crippen molar-refractivity contribution in [2.24, 2.45) is 11.7 Å². The van der Waals surface area contributed by atoms with Gasteiger partial charge in [0.05, 0.1) is 11.6 Å². The maximum Gasteiger partial charge on any atom is 0.322 e. The normalized spacial score (nSPS) is 13.8. The van der Waals surface area contributed by atoms with E-state index in [2.05, 4.69) is 0 Å². The first kappa shape index (κ1) is 17.7. The molecule has 0 saturated carbocycles. The van der Waals surface area contributed by atoms with Crippen molar-refractivity contribution in [3.05, 3.63) is 35.4 Å². The quantitative estimate of drug-likeness (QED) is 0.629. The SMILES string of the molecule is CC(C)(C)OC(=O)[C@@H](C(=O)O)[C@H](N)Cc1ccc(C#N)cc1. The highest BCUT2D eigenvalue weighted by Gasteiger charge is 2.36. The van der Waals surface area contributed by atoms with Gasteiger partial charge in [-0.15, -0.1) is 0 Å². The number of nitrogens with zero attached hydrogens (tertiary/aromatic N) is 1. The Morgan fingerprint density at radius 3 is 2.27 bits per heavy atom. The molecule has 0 spiro atoms. The number of nitrogens with two attached hydrogens (primary N) is 1. The second-order valence-electron chi connectivity index (χ2n) is 6.03. The molecule has 0 aliphatic rings. The van der Waals surface area contributed by atoms with Gasteiger partial charge in [-0.3, -0.25) is 9.59 Å². The minimum atomic E-state index is -1.44. The Kier molecular flexibility index (Phi) is 5.66. The molecule has 0 fully saturated rings. The van der Waals surface area contributed by atoms with Gasteiger partial charge in [-0.1, -0.05) is 12.1 Å². The molecule has 0 bridgehead atoms. The molecule has 118 valence electrons. The number of ether oxygens (including phenoxy) is 1. The molecule has 0 unspecified atom stereocenters. The lowest BCUT2D eigenvalue weighted by molar-refractivity contribution is -0.167. The van der Waals surface area contributed by atoms with Crippen LogP contribution in [0.15, 0.2) is 24.3 Å². The summed E-state index contributed by atoms with van der Waals surface area (Å²) in [6.45, 7) is 4.99. The Labute approximate surface area is 129 Å². The molecule has 0 radical (unpaired) electrons. The minimum Gasteiger partial charge on any atom is -0.481 e. The Morgan fingerprint density at radius 1 is 1.32 bits per heavy atom. The fourth-order valence-corrected chi connectivity index (χ4v) is 1.93. The van der Waals surface area contributed by atoms with Crippen LogP contribution < -0.4 is 5.73 Å². The van der Waals surface area contributed by atoms with E-state index in [1.807, 2.05) is 6.07 Å². The van der Waals surface area contributed by atoms with Gasteiger partial charge in [0.15, 0.2) is 5.92 Å². The van der Waals surface area contributed by atoms with Crippen LogP contribution in [-0.2, 0) is 20.7 Å². The third-order valence-electron chi connectivity index (χ3n) is 2.91. The molecule has 6 heteroatoms. The number of hydrogen-bond acceptors (Lipinski definition) is 5. The van der Waals surface area contributed by atoms with Gasteiger partial charge < -0.3 is 15.6 Å². The highest BCUT2D eigenvalue weighted by molar-refractivity contribution is 5.95. The van der Waals surface area contributed by atoms with Crippen molar-refractivity contribution in [3.8, 4) is 6.07 Å². The molecule has 3 N–H and O–H groups in total. The average Bonchev–Trinajstić information content (AvgIpc) is 2.36. The summed E-state index contributed by atoms with van der Waals surface area (Å²) in [5, 5.41) is 18.0. The van der Waals surface area contributed by atoms with Gasteiger partial charge in [0.1, 0.15) is 5.60 Å². The minimum absolute atomic E-state index is 0.196. The van der Waals surface area contributed by atoms with E-state index < -0.39 is 29.5 Å². The van der Waals surface area contributed by atoms with Gasteiger partial charge in [-0.2, -0.15) is 5.26 Å². The summed E-state index contributed by atoms with van der Waals surface area (Å²) >= 11 is 0. The van der Waals surface area contributed by atoms with Crippen LogP contribution in [0.3, 0.4) is 0 Å². The molecule has 1 aromatic carbocycles. The maximum atomic E-state index is 12.0. The van der Waals surface area contributed by atoms with Gasteiger partial charge in [-0.05, 0) is 44.9 Å². The first-order valence-corrected chi connectivity index (χ1v) is 6.84. The summed E-state index contributed by atoms with van der Waals surface area (Å²) in [5.41, 5.74) is 6.37. The molecule has 1 rings (SSSR count). The van der Waals surface area contributed by atoms with Crippen LogP contribution >= 0.6 is 0 Å². The summed E-state index contributed by atoms with van der Waals surface area (Å²) in [4.78, 5) is 23.3. The van der Waals surface area contributed by atoms with E-state index in [9.17, 15) is 14.7 Å². The first-order chi connectivity index (χ1) is 10.1. The van der Waals surface area contributed by atoms with Crippen molar-refractivity contribution in [2.45, 2.75) is 38.8 Å². The summed E-state index contributed by atoms with van der Waals surface area (Å²) in [6, 6.07) is 7.68. The highest BCUT2D eigenvalue weighted by atomic mass is 16.6. The lowest BCUT2D eigenvalue weighted by Crippen LogP contribution is -2.45. The molecule has 2 atom stereocenters. The molecule has 0 amide bonds. The van der Waals surface area contributed by atoms with E-state index in [1.54, 1.807) is 45.0 Å². The van der Waals surface area contributed by atoms with Crippen molar-refractivity contribution < 1.29 is 19.4 Å². The second kappa shape index (κ2) is 7.05. The molecule has 0 aliphatic carbocycles. The zero-order valence-electron chi connectivity index (χ0n) is 12.9. The van der Waals surface area contributed by atoms with Crippen LogP contribution in [0, 0.1) is 17.2 Å². The van der Waals surface area contributed by atoms with Crippen LogP contribution in [0.2, 0.25) is 0 Å². The molecule has 0 aromatic heterocycles. The topological polar surface area (TPSA) is 113 Å². The molecule has 6 nitrogen and oxygen atoms in total. The molecule has 0 heterocycles. The number of aliphatic carboxylic acids is 1. The third kappa shape index (κ3) is 5.19. The first-order valence-electron chi connectivity index (χ1n) is 6.84. The molecular formula is C16H20N2O4. The van der Waals surface area contributed by atoms with Gasteiger partial charge in [0, 0.05) is 6.04 Å². The zero-order valence-corrected chi connectivity index (χ0v) is 12.9. The monoisotopic (exact) mass is 304 g/mol. The van der Waals surface area contributed by atoms with E-state index in [-0.39, 0.29) is 6.42 Å². The van der Waals surface area contributed by atoms with Crippen LogP contribution in [0.4, 0.5) is 0 Å². The van der Waals surface area contributed by atoms with Crippen LogP contribution in [0.25, 0.3) is 0 Å². The van der Waals surface area contributed by atoms with Crippen molar-refractivity contribution >= 4 is 11.9 Å². The van der Waals surface area contributed by atoms with Crippen LogP contribution in [0.1, 0.15) is 31.9 Å². The largest absolute Gasteiger partial charge is 0.481 e. The standard InChI is InChI=1S/C16H20N2O4/c1-16(2,3)22-15(21)13(14(19)20)12(18)8-10-4-6-11(9-17)7-5-10/h4-7,12-13H,8,18H2,1-3H3,(H,19,20)/t12-,13-/m1/s1. The summed E-state index contributed by atoms with van der Waals surface area (Å²) < 4.78 is 5.11. The number of carboxylic acids is 1. The number of hydrogen-bond donors (Lipinski definition) is 2. The number of carboxylic acid groups (broad SMARTS) is 1. The van der Waals surface area contributed by atoms with Crippen LogP contribution in [0.5, 0.6) is 0 Å². The Hall–Kier alpha value is -2.39. The molecule has 0 aliphatic heterocycles. The van der Waals surface area contributed by atoms with Crippen molar-refractivity contribution in [2.75, 3.05) is 0 Å². The molecule has 1 aromatic rings. The van der Waals surface area contributed by atoms with E-state index in [0.717, 1.165) is 5.56 Å². The van der Waals surface area contributed by atoms with Crippen LogP contribution in [-0.4, -0.2) is 28.7 Å².